The predicted molar refractivity (Wildman–Crippen MR) is 75.9 cm³/mol. The average Bonchev–Trinajstić information content (AvgIpc) is 2.81. The molecule has 0 heterocycles. The molecule has 2 rings (SSSR count). The predicted octanol–water partition coefficient (Wildman–Crippen LogP) is 3.45. The second-order valence-electron chi connectivity index (χ2n) is 4.91. The average molecular weight is 350 g/mol. The zero-order valence-corrected chi connectivity index (χ0v) is 12.9. The molecule has 0 unspecified atom stereocenters. The quantitative estimate of drug-likeness (QED) is 0.884. The molecule has 0 aliphatic heterocycles. The fraction of sp³-hybridized carbons (Fsp3) is 0.538. The van der Waals surface area contributed by atoms with Crippen molar-refractivity contribution in [1.82, 2.24) is 4.72 Å². The summed E-state index contributed by atoms with van der Waals surface area (Å²) >= 11 is 3.08. The molecule has 0 aromatic heterocycles. The summed E-state index contributed by atoms with van der Waals surface area (Å²) in [5, 5.41) is 0. The number of benzene rings is 1. The van der Waals surface area contributed by atoms with E-state index in [2.05, 4.69) is 20.7 Å². The summed E-state index contributed by atoms with van der Waals surface area (Å²) in [6.07, 6.45) is 5.77. The molecule has 106 valence electrons. The van der Waals surface area contributed by atoms with Crippen molar-refractivity contribution in [3.8, 4) is 0 Å². The SMILES string of the molecule is O=S(=O)(NCCC1CCCC1)c1ccc(F)cc1Br. The highest BCUT2D eigenvalue weighted by molar-refractivity contribution is 9.10. The van der Waals surface area contributed by atoms with Crippen LogP contribution in [-0.2, 0) is 10.0 Å². The fourth-order valence-electron chi connectivity index (χ4n) is 2.47. The highest BCUT2D eigenvalue weighted by atomic mass is 79.9. The number of hydrogen-bond donors (Lipinski definition) is 1. The lowest BCUT2D eigenvalue weighted by atomic mass is 10.1. The van der Waals surface area contributed by atoms with Gasteiger partial charge in [-0.2, -0.15) is 0 Å². The van der Waals surface area contributed by atoms with Gasteiger partial charge in [0, 0.05) is 11.0 Å². The maximum absolute atomic E-state index is 12.9. The smallest absolute Gasteiger partial charge is 0.211 e. The molecule has 0 saturated heterocycles. The van der Waals surface area contributed by atoms with Crippen LogP contribution in [0, 0.1) is 11.7 Å². The van der Waals surface area contributed by atoms with Crippen molar-refractivity contribution < 1.29 is 12.8 Å². The van der Waals surface area contributed by atoms with E-state index in [9.17, 15) is 12.8 Å². The number of sulfonamides is 1. The highest BCUT2D eigenvalue weighted by Gasteiger charge is 2.19. The van der Waals surface area contributed by atoms with Crippen LogP contribution in [0.25, 0.3) is 0 Å². The van der Waals surface area contributed by atoms with Crippen LogP contribution in [-0.4, -0.2) is 15.0 Å². The van der Waals surface area contributed by atoms with E-state index in [0.29, 0.717) is 12.5 Å². The maximum Gasteiger partial charge on any atom is 0.241 e. The lowest BCUT2D eigenvalue weighted by molar-refractivity contribution is 0.495. The largest absolute Gasteiger partial charge is 0.241 e. The first-order chi connectivity index (χ1) is 8.99. The topological polar surface area (TPSA) is 46.2 Å². The minimum atomic E-state index is -3.56. The van der Waals surface area contributed by atoms with Gasteiger partial charge in [-0.3, -0.25) is 0 Å². The third-order valence-corrected chi connectivity index (χ3v) is 5.94. The van der Waals surface area contributed by atoms with Crippen LogP contribution >= 0.6 is 15.9 Å². The molecule has 1 saturated carbocycles. The Morgan fingerprint density at radius 1 is 1.32 bits per heavy atom. The molecule has 1 aromatic rings. The van der Waals surface area contributed by atoms with Crippen molar-refractivity contribution in [3.63, 3.8) is 0 Å². The third-order valence-electron chi connectivity index (χ3n) is 3.50. The first-order valence-corrected chi connectivity index (χ1v) is 8.71. The van der Waals surface area contributed by atoms with Crippen molar-refractivity contribution >= 4 is 26.0 Å². The molecular formula is C13H17BrFNO2S. The van der Waals surface area contributed by atoms with Crippen LogP contribution in [0.2, 0.25) is 0 Å². The van der Waals surface area contributed by atoms with Gasteiger partial charge in [0.2, 0.25) is 10.0 Å². The number of hydrogen-bond acceptors (Lipinski definition) is 2. The lowest BCUT2D eigenvalue weighted by Crippen LogP contribution is -2.26. The van der Waals surface area contributed by atoms with E-state index in [4.69, 9.17) is 0 Å². The zero-order chi connectivity index (χ0) is 13.9. The second kappa shape index (κ2) is 6.33. The van der Waals surface area contributed by atoms with Crippen molar-refractivity contribution in [1.29, 1.82) is 0 Å². The molecule has 0 atom stereocenters. The Kier molecular flexibility index (Phi) is 4.97. The minimum absolute atomic E-state index is 0.0836. The molecule has 19 heavy (non-hydrogen) atoms. The van der Waals surface area contributed by atoms with E-state index < -0.39 is 15.8 Å². The molecular weight excluding hydrogens is 333 g/mol. The molecule has 1 fully saturated rings. The van der Waals surface area contributed by atoms with Gasteiger partial charge in [0.05, 0.1) is 4.90 Å². The number of nitrogens with one attached hydrogen (secondary N) is 1. The Morgan fingerprint density at radius 2 is 2.00 bits per heavy atom. The Morgan fingerprint density at radius 3 is 2.63 bits per heavy atom. The molecule has 3 nitrogen and oxygen atoms in total. The van der Waals surface area contributed by atoms with Gasteiger partial charge in [0.15, 0.2) is 0 Å². The molecule has 1 aliphatic carbocycles. The third kappa shape index (κ3) is 4.00. The van der Waals surface area contributed by atoms with Crippen molar-refractivity contribution in [2.24, 2.45) is 5.92 Å². The summed E-state index contributed by atoms with van der Waals surface area (Å²) in [4.78, 5) is 0.0836. The van der Waals surface area contributed by atoms with Gasteiger partial charge in [-0.25, -0.2) is 17.5 Å². The summed E-state index contributed by atoms with van der Waals surface area (Å²) in [6, 6.07) is 3.58. The van der Waals surface area contributed by atoms with E-state index in [1.54, 1.807) is 0 Å². The molecule has 6 heteroatoms. The van der Waals surface area contributed by atoms with E-state index >= 15 is 0 Å². The number of rotatable bonds is 5. The van der Waals surface area contributed by atoms with Crippen molar-refractivity contribution in [2.45, 2.75) is 37.0 Å². The van der Waals surface area contributed by atoms with Crippen LogP contribution in [0.1, 0.15) is 32.1 Å². The van der Waals surface area contributed by atoms with Gasteiger partial charge < -0.3 is 0 Å². The maximum atomic E-state index is 12.9. The van der Waals surface area contributed by atoms with E-state index in [-0.39, 0.29) is 9.37 Å². The summed E-state index contributed by atoms with van der Waals surface area (Å²) in [7, 11) is -3.56. The van der Waals surface area contributed by atoms with Crippen molar-refractivity contribution in [2.75, 3.05) is 6.54 Å². The molecule has 1 N–H and O–H groups in total. The first-order valence-electron chi connectivity index (χ1n) is 6.44. The van der Waals surface area contributed by atoms with Gasteiger partial charge in [0.25, 0.3) is 0 Å². The van der Waals surface area contributed by atoms with Gasteiger partial charge in [-0.05, 0) is 46.5 Å². The Balaban J connectivity index is 1.97. The molecule has 0 spiro atoms. The molecule has 0 bridgehead atoms. The summed E-state index contributed by atoms with van der Waals surface area (Å²) in [6.45, 7) is 0.441. The normalized spacial score (nSPS) is 16.9. The van der Waals surface area contributed by atoms with Crippen LogP contribution in [0.4, 0.5) is 4.39 Å². The molecule has 1 aliphatic rings. The molecule has 0 amide bonds. The van der Waals surface area contributed by atoms with Gasteiger partial charge >= 0.3 is 0 Å². The first kappa shape index (κ1) is 14.9. The summed E-state index contributed by atoms with van der Waals surface area (Å²) in [5.74, 6) is 0.177. The minimum Gasteiger partial charge on any atom is -0.211 e. The van der Waals surface area contributed by atoms with Gasteiger partial charge in [-0.15, -0.1) is 0 Å². The number of halogens is 2. The van der Waals surface area contributed by atoms with E-state index in [1.807, 2.05) is 0 Å². The Labute approximate surface area is 121 Å². The van der Waals surface area contributed by atoms with Gasteiger partial charge in [0.1, 0.15) is 5.82 Å². The summed E-state index contributed by atoms with van der Waals surface area (Å²) in [5.41, 5.74) is 0. The Bertz CT molecular complexity index is 542. The fourth-order valence-corrected chi connectivity index (χ4v) is 4.56. The van der Waals surface area contributed by atoms with E-state index in [1.165, 1.54) is 31.7 Å². The second-order valence-corrected chi connectivity index (χ2v) is 7.50. The monoisotopic (exact) mass is 349 g/mol. The highest BCUT2D eigenvalue weighted by Crippen LogP contribution is 2.27. The van der Waals surface area contributed by atoms with Crippen molar-refractivity contribution in [3.05, 3.63) is 28.5 Å². The van der Waals surface area contributed by atoms with Gasteiger partial charge in [-0.1, -0.05) is 25.7 Å². The summed E-state index contributed by atoms with van der Waals surface area (Å²) < 4.78 is 39.9. The lowest BCUT2D eigenvalue weighted by Gasteiger charge is -2.11. The standard InChI is InChI=1S/C13H17BrFNO2S/c14-12-9-11(15)5-6-13(12)19(17,18)16-8-7-10-3-1-2-4-10/h5-6,9-10,16H,1-4,7-8H2. The van der Waals surface area contributed by atoms with E-state index in [0.717, 1.165) is 18.6 Å². The molecule has 1 aromatic carbocycles. The molecule has 0 radical (unpaired) electrons. The van der Waals surface area contributed by atoms with Crippen LogP contribution in [0.5, 0.6) is 0 Å². The zero-order valence-electron chi connectivity index (χ0n) is 10.5. The van der Waals surface area contributed by atoms with Crippen LogP contribution in [0.15, 0.2) is 27.6 Å². The van der Waals surface area contributed by atoms with Crippen LogP contribution in [0.3, 0.4) is 0 Å². The van der Waals surface area contributed by atoms with Crippen LogP contribution < -0.4 is 4.72 Å². The Hall–Kier alpha value is -0.460.